The highest BCUT2D eigenvalue weighted by molar-refractivity contribution is 5.99. The summed E-state index contributed by atoms with van der Waals surface area (Å²) >= 11 is 0. The van der Waals surface area contributed by atoms with Crippen LogP contribution < -0.4 is 9.47 Å². The van der Waals surface area contributed by atoms with E-state index in [-0.39, 0.29) is 17.2 Å². The van der Waals surface area contributed by atoms with Crippen molar-refractivity contribution in [1.29, 1.82) is 0 Å². The Labute approximate surface area is 134 Å². The van der Waals surface area contributed by atoms with Crippen LogP contribution in [0.1, 0.15) is 44.9 Å². The Morgan fingerprint density at radius 2 is 1.65 bits per heavy atom. The van der Waals surface area contributed by atoms with Gasteiger partial charge >= 0.3 is 5.97 Å². The zero-order valence-electron chi connectivity index (χ0n) is 13.8. The van der Waals surface area contributed by atoms with E-state index in [4.69, 9.17) is 9.47 Å². The molecule has 120 valence electrons. The Bertz CT molecular complexity index is 784. The molecule has 0 saturated carbocycles. The van der Waals surface area contributed by atoms with E-state index < -0.39 is 5.97 Å². The zero-order valence-corrected chi connectivity index (χ0v) is 13.8. The second-order valence-corrected chi connectivity index (χ2v) is 5.14. The predicted molar refractivity (Wildman–Crippen MR) is 84.2 cm³/mol. The molecule has 6 nitrogen and oxygen atoms in total. The van der Waals surface area contributed by atoms with E-state index in [9.17, 15) is 9.59 Å². The van der Waals surface area contributed by atoms with Gasteiger partial charge in [0.05, 0.1) is 29.8 Å². The quantitative estimate of drug-likeness (QED) is 0.490. The summed E-state index contributed by atoms with van der Waals surface area (Å²) in [6.07, 6.45) is 0. The van der Waals surface area contributed by atoms with Gasteiger partial charge in [-0.3, -0.25) is 9.78 Å². The summed E-state index contributed by atoms with van der Waals surface area (Å²) in [5, 5.41) is 0. The molecular weight excluding hydrogens is 296 g/mol. The number of Topliss-reactive ketones (excluding diaryl/α,β-unsaturated/α-hetero) is 1. The number of hydrogen-bond donors (Lipinski definition) is 0. The van der Waals surface area contributed by atoms with Crippen molar-refractivity contribution in [3.05, 3.63) is 46.5 Å². The van der Waals surface area contributed by atoms with E-state index in [0.717, 1.165) is 5.69 Å². The van der Waals surface area contributed by atoms with Crippen molar-refractivity contribution in [1.82, 2.24) is 9.97 Å². The van der Waals surface area contributed by atoms with Gasteiger partial charge in [-0.2, -0.15) is 0 Å². The fraction of sp³-hybridized carbons (Fsp3) is 0.294. The molecule has 0 atom stereocenters. The summed E-state index contributed by atoms with van der Waals surface area (Å²) in [6.45, 7) is 6.68. The van der Waals surface area contributed by atoms with Crippen molar-refractivity contribution in [3.63, 3.8) is 0 Å². The van der Waals surface area contributed by atoms with Crippen LogP contribution in [0.25, 0.3) is 0 Å². The van der Waals surface area contributed by atoms with Crippen molar-refractivity contribution in [2.24, 2.45) is 0 Å². The van der Waals surface area contributed by atoms with Gasteiger partial charge < -0.3 is 9.47 Å². The van der Waals surface area contributed by atoms with Gasteiger partial charge in [-0.15, -0.1) is 0 Å². The normalized spacial score (nSPS) is 10.3. The first-order valence-corrected chi connectivity index (χ1v) is 7.06. The number of ketones is 1. The van der Waals surface area contributed by atoms with Gasteiger partial charge in [0.2, 0.25) is 0 Å². The molecule has 0 aliphatic carbocycles. The van der Waals surface area contributed by atoms with Crippen molar-refractivity contribution >= 4 is 11.8 Å². The third-order valence-corrected chi connectivity index (χ3v) is 3.45. The molecule has 1 heterocycles. The van der Waals surface area contributed by atoms with Crippen LogP contribution in [0, 0.1) is 20.8 Å². The maximum absolute atomic E-state index is 12.4. The number of nitrogens with zero attached hydrogens (tertiary/aromatic N) is 2. The van der Waals surface area contributed by atoms with E-state index in [1.165, 1.54) is 20.1 Å². The molecule has 2 aromatic rings. The lowest BCUT2D eigenvalue weighted by Crippen LogP contribution is -2.16. The first-order valence-electron chi connectivity index (χ1n) is 7.06. The van der Waals surface area contributed by atoms with Gasteiger partial charge in [0.15, 0.2) is 11.5 Å². The van der Waals surface area contributed by atoms with Crippen LogP contribution in [-0.4, -0.2) is 28.8 Å². The Balaban J connectivity index is 2.40. The van der Waals surface area contributed by atoms with Crippen molar-refractivity contribution in [2.75, 3.05) is 7.11 Å². The molecule has 0 unspecified atom stereocenters. The molecule has 0 fully saturated rings. The Kier molecular flexibility index (Phi) is 4.74. The fourth-order valence-electron chi connectivity index (χ4n) is 2.06. The molecule has 0 aliphatic rings. The van der Waals surface area contributed by atoms with Crippen molar-refractivity contribution in [3.8, 4) is 11.5 Å². The van der Waals surface area contributed by atoms with E-state index in [0.29, 0.717) is 22.7 Å². The number of aryl methyl sites for hydroxylation is 3. The summed E-state index contributed by atoms with van der Waals surface area (Å²) in [6, 6.07) is 4.69. The van der Waals surface area contributed by atoms with Crippen LogP contribution in [0.3, 0.4) is 0 Å². The largest absolute Gasteiger partial charge is 0.497 e. The highest BCUT2D eigenvalue weighted by Gasteiger charge is 2.19. The number of ether oxygens (including phenoxy) is 2. The van der Waals surface area contributed by atoms with Gasteiger partial charge in [-0.1, -0.05) is 0 Å². The molecule has 0 radical (unpaired) electrons. The van der Waals surface area contributed by atoms with Gasteiger partial charge in [0.25, 0.3) is 0 Å². The van der Waals surface area contributed by atoms with E-state index in [1.54, 1.807) is 26.0 Å². The second kappa shape index (κ2) is 6.56. The molecule has 0 saturated heterocycles. The summed E-state index contributed by atoms with van der Waals surface area (Å²) in [4.78, 5) is 32.6. The predicted octanol–water partition coefficient (Wildman–Crippen LogP) is 2.83. The van der Waals surface area contributed by atoms with Crippen LogP contribution in [0.15, 0.2) is 18.2 Å². The van der Waals surface area contributed by atoms with E-state index >= 15 is 0 Å². The minimum atomic E-state index is -0.658. The van der Waals surface area contributed by atoms with Gasteiger partial charge in [-0.25, -0.2) is 9.78 Å². The lowest BCUT2D eigenvalue weighted by molar-refractivity contribution is 0.0724. The van der Waals surface area contributed by atoms with Crippen LogP contribution in [0.2, 0.25) is 0 Å². The number of esters is 1. The highest BCUT2D eigenvalue weighted by Crippen LogP contribution is 2.26. The average Bonchev–Trinajstić information content (AvgIpc) is 2.50. The van der Waals surface area contributed by atoms with Crippen LogP contribution in [0.4, 0.5) is 0 Å². The van der Waals surface area contributed by atoms with Gasteiger partial charge in [0.1, 0.15) is 11.5 Å². The van der Waals surface area contributed by atoms with Crippen LogP contribution in [-0.2, 0) is 0 Å². The summed E-state index contributed by atoms with van der Waals surface area (Å²) in [7, 11) is 1.49. The molecule has 6 heteroatoms. The molecule has 23 heavy (non-hydrogen) atoms. The molecule has 1 aromatic carbocycles. The highest BCUT2D eigenvalue weighted by atomic mass is 16.5. The summed E-state index contributed by atoms with van der Waals surface area (Å²) in [5.41, 5.74) is 2.31. The smallest absolute Gasteiger partial charge is 0.364 e. The topological polar surface area (TPSA) is 78.4 Å². The lowest BCUT2D eigenvalue weighted by atomic mass is 10.1. The zero-order chi connectivity index (χ0) is 17.1. The molecule has 2 rings (SSSR count). The minimum Gasteiger partial charge on any atom is -0.497 e. The molecular formula is C17H18N2O4. The average molecular weight is 314 g/mol. The number of benzene rings is 1. The summed E-state index contributed by atoms with van der Waals surface area (Å²) < 4.78 is 10.5. The number of carbonyl (C=O) groups excluding carboxylic acids is 2. The van der Waals surface area contributed by atoms with Crippen LogP contribution in [0.5, 0.6) is 11.5 Å². The molecule has 0 amide bonds. The Hall–Kier alpha value is -2.76. The van der Waals surface area contributed by atoms with Crippen molar-refractivity contribution < 1.29 is 19.1 Å². The summed E-state index contributed by atoms with van der Waals surface area (Å²) in [5.74, 6) is -0.242. The first kappa shape index (κ1) is 16.6. The SMILES string of the molecule is COc1ccc(C(C)=O)c(OC(=O)c2nc(C)c(C)nc2C)c1. The van der Waals surface area contributed by atoms with E-state index in [2.05, 4.69) is 9.97 Å². The maximum Gasteiger partial charge on any atom is 0.364 e. The first-order chi connectivity index (χ1) is 10.8. The van der Waals surface area contributed by atoms with E-state index in [1.807, 2.05) is 6.92 Å². The molecule has 0 N–H and O–H groups in total. The number of rotatable bonds is 4. The van der Waals surface area contributed by atoms with Gasteiger partial charge in [-0.05, 0) is 39.8 Å². The molecule has 0 aliphatic heterocycles. The Morgan fingerprint density at radius 1 is 1.00 bits per heavy atom. The second-order valence-electron chi connectivity index (χ2n) is 5.14. The third-order valence-electron chi connectivity index (χ3n) is 3.45. The lowest BCUT2D eigenvalue weighted by Gasteiger charge is -2.11. The molecule has 0 spiro atoms. The maximum atomic E-state index is 12.4. The molecule has 0 bridgehead atoms. The molecule has 1 aromatic heterocycles. The number of aromatic nitrogens is 2. The van der Waals surface area contributed by atoms with Crippen molar-refractivity contribution in [2.45, 2.75) is 27.7 Å². The fourth-order valence-corrected chi connectivity index (χ4v) is 2.06. The number of carbonyl (C=O) groups is 2. The monoisotopic (exact) mass is 314 g/mol. The number of methoxy groups -OCH3 is 1. The Morgan fingerprint density at radius 3 is 2.26 bits per heavy atom. The standard InChI is InChI=1S/C17H18N2O4/c1-9-10(2)19-16(11(3)18-9)17(21)23-15-8-13(22-5)6-7-14(15)12(4)20/h6-8H,1-5H3. The van der Waals surface area contributed by atoms with Crippen LogP contribution >= 0.6 is 0 Å². The van der Waals surface area contributed by atoms with Gasteiger partial charge in [0, 0.05) is 6.07 Å². The third kappa shape index (κ3) is 3.53. The minimum absolute atomic E-state index is 0.130. The number of hydrogen-bond acceptors (Lipinski definition) is 6.